The fraction of sp³-hybridized carbons (Fsp3) is 0.538. The topological polar surface area (TPSA) is 175 Å². The number of hydrogen-bond acceptors (Lipinski definition) is 11. The molecule has 0 aromatic rings. The average molecular weight is 1070 g/mol. The molecule has 12 nitrogen and oxygen atoms in total. The van der Waals surface area contributed by atoms with Crippen molar-refractivity contribution in [3.8, 4) is 0 Å². The Balaban J connectivity index is 2.79. The zero-order chi connectivity index (χ0) is 56.1. The normalized spacial score (nSPS) is 19.2. The highest BCUT2D eigenvalue weighted by Crippen LogP contribution is 2.26. The Bertz CT molecular complexity index is 1940. The summed E-state index contributed by atoms with van der Waals surface area (Å²) in [5.74, 6) is -3.36. The van der Waals surface area contributed by atoms with Crippen LogP contribution in [0.15, 0.2) is 158 Å². The number of esters is 3. The first-order chi connectivity index (χ1) is 37.6. The van der Waals surface area contributed by atoms with Gasteiger partial charge in [0.15, 0.2) is 24.6 Å². The van der Waals surface area contributed by atoms with E-state index in [0.29, 0.717) is 25.7 Å². The van der Waals surface area contributed by atoms with E-state index in [-0.39, 0.29) is 25.9 Å². The molecule has 3 N–H and O–H groups in total. The lowest BCUT2D eigenvalue weighted by atomic mass is 9.98. The molecule has 0 aliphatic carbocycles. The van der Waals surface area contributed by atoms with Crippen LogP contribution >= 0.6 is 0 Å². The monoisotopic (exact) mass is 1070 g/mol. The summed E-state index contributed by atoms with van der Waals surface area (Å²) in [5.41, 5.74) is 0. The van der Waals surface area contributed by atoms with E-state index in [9.17, 15) is 34.5 Å². The molecule has 12 heteroatoms. The summed E-state index contributed by atoms with van der Waals surface area (Å²) in [6, 6.07) is 0. The Morgan fingerprint density at radius 2 is 0.805 bits per heavy atom. The van der Waals surface area contributed by atoms with Gasteiger partial charge in [0, 0.05) is 19.3 Å². The molecule has 0 radical (unpaired) electrons. The minimum Gasteiger partial charge on any atom is -0.479 e. The lowest BCUT2D eigenvalue weighted by Gasteiger charge is -2.40. The van der Waals surface area contributed by atoms with Crippen molar-refractivity contribution in [3.05, 3.63) is 158 Å². The van der Waals surface area contributed by atoms with Gasteiger partial charge in [0.2, 0.25) is 0 Å². The molecule has 1 saturated heterocycles. The Labute approximate surface area is 463 Å². The van der Waals surface area contributed by atoms with Crippen LogP contribution < -0.4 is 0 Å². The average Bonchev–Trinajstić information content (AvgIpc) is 3.42. The number of aliphatic hydroxyl groups is 2. The van der Waals surface area contributed by atoms with E-state index in [2.05, 4.69) is 161 Å². The molecule has 1 rings (SSSR count). The molecule has 0 bridgehead atoms. The van der Waals surface area contributed by atoms with Gasteiger partial charge < -0.3 is 39.0 Å². The number of rotatable bonds is 45. The van der Waals surface area contributed by atoms with Crippen LogP contribution in [0.1, 0.15) is 175 Å². The summed E-state index contributed by atoms with van der Waals surface area (Å²) in [5, 5.41) is 31.5. The molecule has 428 valence electrons. The largest absolute Gasteiger partial charge is 0.479 e. The van der Waals surface area contributed by atoms with Crippen molar-refractivity contribution < 1.29 is 58.2 Å². The van der Waals surface area contributed by atoms with Crippen molar-refractivity contribution in [3.63, 3.8) is 0 Å². The number of hydrogen-bond donors (Lipinski definition) is 3. The fourth-order valence-corrected chi connectivity index (χ4v) is 7.34. The van der Waals surface area contributed by atoms with E-state index in [1.807, 2.05) is 18.2 Å². The third-order valence-corrected chi connectivity index (χ3v) is 11.6. The van der Waals surface area contributed by atoms with Crippen molar-refractivity contribution in [2.24, 2.45) is 0 Å². The van der Waals surface area contributed by atoms with E-state index < -0.39 is 67.3 Å². The molecule has 6 atom stereocenters. The number of aliphatic hydroxyl groups excluding tert-OH is 2. The highest BCUT2D eigenvalue weighted by molar-refractivity contribution is 5.74. The minimum atomic E-state index is -1.94. The van der Waals surface area contributed by atoms with E-state index >= 15 is 0 Å². The lowest BCUT2D eigenvalue weighted by Crippen LogP contribution is -2.61. The quantitative estimate of drug-likeness (QED) is 0.0228. The van der Waals surface area contributed by atoms with Gasteiger partial charge in [0.05, 0.1) is 6.61 Å². The van der Waals surface area contributed by atoms with Gasteiger partial charge in [-0.2, -0.15) is 0 Å². The molecule has 0 amide bonds. The number of carboxylic acid groups (broad SMARTS) is 1. The number of carbonyl (C=O) groups excluding carboxylic acids is 3. The highest BCUT2D eigenvalue weighted by Gasteiger charge is 2.50. The van der Waals surface area contributed by atoms with Crippen LogP contribution in [0.5, 0.6) is 0 Å². The molecular weight excluding hydrogens is 973 g/mol. The summed E-state index contributed by atoms with van der Waals surface area (Å²) in [6.45, 7) is 5.50. The molecule has 1 fully saturated rings. The first-order valence-electron chi connectivity index (χ1n) is 28.5. The minimum absolute atomic E-state index is 0.00102. The maximum atomic E-state index is 13.1. The molecule has 1 aliphatic rings. The van der Waals surface area contributed by atoms with Crippen LogP contribution in [0.25, 0.3) is 0 Å². The molecule has 0 spiro atoms. The molecule has 0 saturated carbocycles. The van der Waals surface area contributed by atoms with Gasteiger partial charge in [-0.05, 0) is 128 Å². The van der Waals surface area contributed by atoms with Crippen LogP contribution in [0.4, 0.5) is 0 Å². The second kappa shape index (κ2) is 51.1. The first-order valence-corrected chi connectivity index (χ1v) is 28.5. The van der Waals surface area contributed by atoms with Crippen LogP contribution in [0.2, 0.25) is 0 Å². The summed E-state index contributed by atoms with van der Waals surface area (Å²) in [4.78, 5) is 51.0. The SMILES string of the molecule is CC/C=C\C/C=C\C/C=C\C/C=C\C/C=C\CCCCCC(=O)OC1C(OCC(COC(=O)CCCC/C=C\C/C=C\C/C=C\C/C=C\CC)OC(=O)CC/C=C\C/C=C\C/C=C\C/C=C\CC)OC(C(=O)O)C(O)C1O. The van der Waals surface area contributed by atoms with Crippen molar-refractivity contribution in [2.75, 3.05) is 13.2 Å². The van der Waals surface area contributed by atoms with Gasteiger partial charge in [0.1, 0.15) is 18.8 Å². The number of allylic oxidation sites excluding steroid dienone is 26. The van der Waals surface area contributed by atoms with Crippen LogP contribution in [0.3, 0.4) is 0 Å². The summed E-state index contributed by atoms with van der Waals surface area (Å²) in [6.07, 6.45) is 62.4. The lowest BCUT2D eigenvalue weighted by molar-refractivity contribution is -0.301. The Morgan fingerprint density at radius 1 is 0.429 bits per heavy atom. The summed E-state index contributed by atoms with van der Waals surface area (Å²) >= 11 is 0. The zero-order valence-corrected chi connectivity index (χ0v) is 46.9. The van der Waals surface area contributed by atoms with E-state index in [4.69, 9.17) is 23.7 Å². The Morgan fingerprint density at radius 3 is 1.23 bits per heavy atom. The van der Waals surface area contributed by atoms with Gasteiger partial charge in [-0.15, -0.1) is 0 Å². The van der Waals surface area contributed by atoms with Crippen molar-refractivity contribution in [2.45, 2.75) is 212 Å². The van der Waals surface area contributed by atoms with Crippen LogP contribution in [-0.4, -0.2) is 89.2 Å². The maximum Gasteiger partial charge on any atom is 0.335 e. The predicted octanol–water partition coefficient (Wildman–Crippen LogP) is 14.6. The van der Waals surface area contributed by atoms with Gasteiger partial charge >= 0.3 is 23.9 Å². The first kappa shape index (κ1) is 69.4. The Hall–Kier alpha value is -5.66. The van der Waals surface area contributed by atoms with Crippen LogP contribution in [0, 0.1) is 0 Å². The van der Waals surface area contributed by atoms with Crippen molar-refractivity contribution >= 4 is 23.9 Å². The number of ether oxygens (including phenoxy) is 5. The van der Waals surface area contributed by atoms with Gasteiger partial charge in [-0.25, -0.2) is 4.79 Å². The van der Waals surface area contributed by atoms with E-state index in [1.54, 1.807) is 0 Å². The standard InChI is InChI=1S/C65H96O12/c1-4-7-10-13-16-19-22-25-27-28-29-30-32-35-38-41-44-47-50-53-59(68)76-63-61(70)60(69)62(64(71)72)77-65(63)74-55-56(75-58(67)52-49-46-43-40-37-33-24-21-18-15-12-9-6-3)54-73-57(66)51-48-45-42-39-36-34-31-26-23-20-17-14-11-8-5-2/h7-12,16-21,25-27,29-31,33,35-39,43,46,56,60-63,65,69-70H,4-6,13-15,22-24,28,32,34,40-42,44-45,47-55H2,1-3H3,(H,71,72)/b10-7-,11-8-,12-9-,19-16-,20-17-,21-18-,27-25-,30-29-,31-26-,37-33-,38-35-,39-36-,46-43-. The maximum absolute atomic E-state index is 13.1. The Kier molecular flexibility index (Phi) is 46.0. The number of unbranched alkanes of at least 4 members (excludes halogenated alkanes) is 5. The van der Waals surface area contributed by atoms with Crippen LogP contribution in [-0.2, 0) is 42.9 Å². The van der Waals surface area contributed by atoms with Crippen molar-refractivity contribution in [1.29, 1.82) is 0 Å². The van der Waals surface area contributed by atoms with Crippen molar-refractivity contribution in [1.82, 2.24) is 0 Å². The second-order valence-corrected chi connectivity index (χ2v) is 18.4. The molecule has 0 aromatic carbocycles. The summed E-state index contributed by atoms with van der Waals surface area (Å²) in [7, 11) is 0. The van der Waals surface area contributed by atoms with Gasteiger partial charge in [-0.1, -0.05) is 185 Å². The van der Waals surface area contributed by atoms with Gasteiger partial charge in [-0.3, -0.25) is 14.4 Å². The highest BCUT2D eigenvalue weighted by atomic mass is 16.7. The third-order valence-electron chi connectivity index (χ3n) is 11.6. The number of carboxylic acids is 1. The van der Waals surface area contributed by atoms with Gasteiger partial charge in [0.25, 0.3) is 0 Å². The third kappa shape index (κ3) is 41.2. The molecule has 77 heavy (non-hydrogen) atoms. The van der Waals surface area contributed by atoms with E-state index in [1.165, 1.54) is 0 Å². The number of carbonyl (C=O) groups is 4. The molecule has 0 aromatic heterocycles. The fourth-order valence-electron chi connectivity index (χ4n) is 7.34. The van der Waals surface area contributed by atoms with E-state index in [0.717, 1.165) is 109 Å². The molecule has 1 aliphatic heterocycles. The second-order valence-electron chi connectivity index (χ2n) is 18.4. The molecule has 1 heterocycles. The number of aliphatic carboxylic acids is 1. The predicted molar refractivity (Wildman–Crippen MR) is 312 cm³/mol. The smallest absolute Gasteiger partial charge is 0.335 e. The molecular formula is C65H96O12. The zero-order valence-electron chi connectivity index (χ0n) is 46.9. The molecule has 6 unspecified atom stereocenters. The summed E-state index contributed by atoms with van der Waals surface area (Å²) < 4.78 is 28.2.